The van der Waals surface area contributed by atoms with Crippen LogP contribution in [-0.4, -0.2) is 47.2 Å². The van der Waals surface area contributed by atoms with E-state index in [4.69, 9.17) is 4.74 Å². The summed E-state index contributed by atoms with van der Waals surface area (Å²) in [6.07, 6.45) is 5.62. The standard InChI is InChI=1S/C20H25FN4O2S/c21-16-8-1-2-9-17(16)27-13-14-5-4-10-25(11-14)12-18(26)22-20-24-23-19(28-20)15-6-3-7-15/h1-2,8-9,14-15H,3-7,10-13H2,(H,22,24,26). The first-order valence-electron chi connectivity index (χ1n) is 9.90. The molecule has 1 amide bonds. The van der Waals surface area contributed by atoms with E-state index in [2.05, 4.69) is 20.4 Å². The third kappa shape index (κ3) is 4.86. The maximum Gasteiger partial charge on any atom is 0.240 e. The number of aromatic nitrogens is 2. The zero-order valence-corrected chi connectivity index (χ0v) is 16.6. The zero-order chi connectivity index (χ0) is 19.3. The Labute approximate surface area is 168 Å². The van der Waals surface area contributed by atoms with Crippen molar-refractivity contribution in [3.8, 4) is 5.75 Å². The monoisotopic (exact) mass is 404 g/mol. The van der Waals surface area contributed by atoms with Gasteiger partial charge in [-0.3, -0.25) is 15.0 Å². The number of hydrogen-bond donors (Lipinski definition) is 1. The van der Waals surface area contributed by atoms with E-state index in [1.54, 1.807) is 18.2 Å². The minimum atomic E-state index is -0.340. The molecule has 1 aliphatic carbocycles. The molecule has 0 bridgehead atoms. The number of anilines is 1. The van der Waals surface area contributed by atoms with Crippen molar-refractivity contribution in [3.05, 3.63) is 35.1 Å². The van der Waals surface area contributed by atoms with Gasteiger partial charge in [0.1, 0.15) is 5.01 Å². The highest BCUT2D eigenvalue weighted by Crippen LogP contribution is 2.38. The fourth-order valence-corrected chi connectivity index (χ4v) is 4.60. The molecule has 4 rings (SSSR count). The van der Waals surface area contributed by atoms with Crippen LogP contribution in [0.4, 0.5) is 9.52 Å². The molecule has 1 N–H and O–H groups in total. The maximum absolute atomic E-state index is 13.7. The molecule has 2 heterocycles. The number of para-hydroxylation sites is 1. The lowest BCUT2D eigenvalue weighted by molar-refractivity contribution is -0.117. The van der Waals surface area contributed by atoms with Gasteiger partial charge >= 0.3 is 0 Å². The van der Waals surface area contributed by atoms with Crippen LogP contribution in [0, 0.1) is 11.7 Å². The van der Waals surface area contributed by atoms with Crippen molar-refractivity contribution < 1.29 is 13.9 Å². The Morgan fingerprint density at radius 1 is 1.25 bits per heavy atom. The number of piperidine rings is 1. The van der Waals surface area contributed by atoms with Crippen LogP contribution in [0.5, 0.6) is 5.75 Å². The predicted molar refractivity (Wildman–Crippen MR) is 106 cm³/mol. The van der Waals surface area contributed by atoms with Crippen molar-refractivity contribution in [3.63, 3.8) is 0 Å². The van der Waals surface area contributed by atoms with Crippen LogP contribution in [0.3, 0.4) is 0 Å². The predicted octanol–water partition coefficient (Wildman–Crippen LogP) is 3.67. The van der Waals surface area contributed by atoms with Gasteiger partial charge in [-0.1, -0.05) is 29.9 Å². The lowest BCUT2D eigenvalue weighted by Gasteiger charge is -2.32. The molecule has 0 radical (unpaired) electrons. The van der Waals surface area contributed by atoms with Crippen molar-refractivity contribution in [2.24, 2.45) is 5.92 Å². The number of rotatable bonds is 7. The molecule has 1 aliphatic heterocycles. The summed E-state index contributed by atoms with van der Waals surface area (Å²) < 4.78 is 19.3. The highest BCUT2D eigenvalue weighted by Gasteiger charge is 2.25. The minimum Gasteiger partial charge on any atom is -0.490 e. The summed E-state index contributed by atoms with van der Waals surface area (Å²) in [5.74, 6) is 0.698. The third-order valence-corrected chi connectivity index (χ3v) is 6.42. The first kappa shape index (κ1) is 19.3. The number of carbonyl (C=O) groups excluding carboxylic acids is 1. The Morgan fingerprint density at radius 3 is 2.89 bits per heavy atom. The van der Waals surface area contributed by atoms with Crippen LogP contribution in [0.15, 0.2) is 24.3 Å². The van der Waals surface area contributed by atoms with Gasteiger partial charge in [-0.05, 0) is 44.4 Å². The van der Waals surface area contributed by atoms with Crippen molar-refractivity contribution in [1.29, 1.82) is 0 Å². The first-order chi connectivity index (χ1) is 13.7. The van der Waals surface area contributed by atoms with Crippen molar-refractivity contribution in [2.45, 2.75) is 38.0 Å². The normalized spacial score (nSPS) is 20.5. The number of ether oxygens (including phenoxy) is 1. The molecular formula is C20H25FN4O2S. The Kier molecular flexibility index (Phi) is 6.17. The smallest absolute Gasteiger partial charge is 0.240 e. The van der Waals surface area contributed by atoms with Gasteiger partial charge in [0, 0.05) is 18.4 Å². The van der Waals surface area contributed by atoms with Gasteiger partial charge in [0.05, 0.1) is 13.2 Å². The van der Waals surface area contributed by atoms with Gasteiger partial charge in [-0.2, -0.15) is 0 Å². The Bertz CT molecular complexity index is 811. The van der Waals surface area contributed by atoms with Crippen LogP contribution in [0.2, 0.25) is 0 Å². The number of amides is 1. The highest BCUT2D eigenvalue weighted by molar-refractivity contribution is 7.15. The molecule has 1 atom stereocenters. The molecule has 0 spiro atoms. The van der Waals surface area contributed by atoms with Gasteiger partial charge in [-0.15, -0.1) is 10.2 Å². The number of nitrogens with zero attached hydrogens (tertiary/aromatic N) is 3. The van der Waals surface area contributed by atoms with E-state index in [1.165, 1.54) is 36.7 Å². The average molecular weight is 405 g/mol. The highest BCUT2D eigenvalue weighted by atomic mass is 32.1. The largest absolute Gasteiger partial charge is 0.490 e. The average Bonchev–Trinajstić information content (AvgIpc) is 3.07. The topological polar surface area (TPSA) is 67.3 Å². The lowest BCUT2D eigenvalue weighted by atomic mass is 9.86. The number of likely N-dealkylation sites (tertiary alicyclic amines) is 1. The van der Waals surface area contributed by atoms with Crippen molar-refractivity contribution >= 4 is 22.4 Å². The molecule has 1 saturated carbocycles. The summed E-state index contributed by atoms with van der Waals surface area (Å²) in [4.78, 5) is 14.5. The molecule has 8 heteroatoms. The third-order valence-electron chi connectivity index (χ3n) is 5.42. The van der Waals surface area contributed by atoms with E-state index in [9.17, 15) is 9.18 Å². The molecule has 6 nitrogen and oxygen atoms in total. The van der Waals surface area contributed by atoms with Crippen LogP contribution in [-0.2, 0) is 4.79 Å². The lowest BCUT2D eigenvalue weighted by Crippen LogP contribution is -2.42. The van der Waals surface area contributed by atoms with Crippen LogP contribution < -0.4 is 10.1 Å². The summed E-state index contributed by atoms with van der Waals surface area (Å²) in [5, 5.41) is 12.8. The maximum atomic E-state index is 13.7. The molecular weight excluding hydrogens is 379 g/mol. The van der Waals surface area contributed by atoms with E-state index >= 15 is 0 Å². The van der Waals surface area contributed by atoms with Gasteiger partial charge in [-0.25, -0.2) is 4.39 Å². The number of benzene rings is 1. The fourth-order valence-electron chi connectivity index (χ4n) is 3.67. The second kappa shape index (κ2) is 8.96. The number of carbonyl (C=O) groups is 1. The molecule has 1 aromatic carbocycles. The van der Waals surface area contributed by atoms with Gasteiger partial charge in [0.15, 0.2) is 11.6 Å². The molecule has 2 aliphatic rings. The number of nitrogens with one attached hydrogen (secondary N) is 1. The van der Waals surface area contributed by atoms with E-state index in [0.29, 0.717) is 24.2 Å². The van der Waals surface area contributed by atoms with Crippen molar-refractivity contribution in [1.82, 2.24) is 15.1 Å². The van der Waals surface area contributed by atoms with E-state index in [-0.39, 0.29) is 23.4 Å². The Balaban J connectivity index is 1.23. The zero-order valence-electron chi connectivity index (χ0n) is 15.8. The number of hydrogen-bond acceptors (Lipinski definition) is 6. The SMILES string of the molecule is O=C(CN1CCCC(COc2ccccc2F)C1)Nc1nnc(C2CCC2)s1. The number of halogens is 1. The molecule has 1 unspecified atom stereocenters. The second-order valence-corrected chi connectivity index (χ2v) is 8.62. The summed E-state index contributed by atoms with van der Waals surface area (Å²) in [5.41, 5.74) is 0. The quantitative estimate of drug-likeness (QED) is 0.763. The molecule has 2 aromatic rings. The van der Waals surface area contributed by atoms with E-state index in [0.717, 1.165) is 30.9 Å². The first-order valence-corrected chi connectivity index (χ1v) is 10.7. The van der Waals surface area contributed by atoms with Crippen molar-refractivity contribution in [2.75, 3.05) is 31.6 Å². The van der Waals surface area contributed by atoms with Crippen LogP contribution >= 0.6 is 11.3 Å². The summed E-state index contributed by atoms with van der Waals surface area (Å²) in [6.45, 7) is 2.44. The summed E-state index contributed by atoms with van der Waals surface area (Å²) in [7, 11) is 0. The molecule has 28 heavy (non-hydrogen) atoms. The van der Waals surface area contributed by atoms with E-state index in [1.807, 2.05) is 0 Å². The molecule has 1 saturated heterocycles. The Hall–Kier alpha value is -2.06. The van der Waals surface area contributed by atoms with Crippen LogP contribution in [0.1, 0.15) is 43.0 Å². The molecule has 1 aromatic heterocycles. The minimum absolute atomic E-state index is 0.0630. The van der Waals surface area contributed by atoms with Gasteiger partial charge in [0.25, 0.3) is 0 Å². The van der Waals surface area contributed by atoms with E-state index < -0.39 is 0 Å². The second-order valence-electron chi connectivity index (χ2n) is 7.61. The van der Waals surface area contributed by atoms with Crippen LogP contribution in [0.25, 0.3) is 0 Å². The Morgan fingerprint density at radius 2 is 2.11 bits per heavy atom. The van der Waals surface area contributed by atoms with Gasteiger partial charge in [0.2, 0.25) is 11.0 Å². The fraction of sp³-hybridized carbons (Fsp3) is 0.550. The summed E-state index contributed by atoms with van der Waals surface area (Å²) in [6, 6.07) is 6.45. The van der Waals surface area contributed by atoms with Gasteiger partial charge < -0.3 is 4.74 Å². The molecule has 2 fully saturated rings. The molecule has 150 valence electrons. The summed E-state index contributed by atoms with van der Waals surface area (Å²) >= 11 is 1.49.